The summed E-state index contributed by atoms with van der Waals surface area (Å²) in [6.45, 7) is 5.12. The van der Waals surface area contributed by atoms with E-state index in [1.165, 1.54) is 32.1 Å². The Balaban J connectivity index is 2.20. The fourth-order valence-electron chi connectivity index (χ4n) is 2.46. The van der Waals surface area contributed by atoms with Crippen molar-refractivity contribution < 1.29 is 0 Å². The van der Waals surface area contributed by atoms with Crippen LogP contribution >= 0.6 is 0 Å². The molecule has 2 rings (SSSR count). The maximum Gasteiger partial charge on any atom is 0.231 e. The largest absolute Gasteiger partial charge is 0.354 e. The lowest BCUT2D eigenvalue weighted by Crippen LogP contribution is -2.30. The van der Waals surface area contributed by atoms with E-state index in [-0.39, 0.29) is 0 Å². The van der Waals surface area contributed by atoms with E-state index < -0.39 is 0 Å². The molecule has 1 aromatic heterocycles. The Bertz CT molecular complexity index is 426. The molecule has 0 atom stereocenters. The second kappa shape index (κ2) is 8.00. The summed E-state index contributed by atoms with van der Waals surface area (Å²) in [5, 5.41) is 3.28. The fraction of sp³-hybridized carbons (Fsp3) is 0.800. The molecule has 0 bridgehead atoms. The summed E-state index contributed by atoms with van der Waals surface area (Å²) in [6.07, 6.45) is 7.48. The predicted octanol–water partition coefficient (Wildman–Crippen LogP) is 2.53. The first-order valence-corrected chi connectivity index (χ1v) is 8.13. The summed E-state index contributed by atoms with van der Waals surface area (Å²) >= 11 is 0. The SMILES string of the molecule is CCCNc1nc(N(C)C)nc(N2CCCCCCC2)n1. The lowest BCUT2D eigenvalue weighted by molar-refractivity contribution is 0.550. The molecule has 1 aromatic rings. The van der Waals surface area contributed by atoms with Crippen molar-refractivity contribution in [1.82, 2.24) is 15.0 Å². The van der Waals surface area contributed by atoms with Crippen LogP contribution in [0.4, 0.5) is 17.8 Å². The molecule has 1 N–H and O–H groups in total. The first-order chi connectivity index (χ1) is 10.2. The minimum Gasteiger partial charge on any atom is -0.354 e. The van der Waals surface area contributed by atoms with Gasteiger partial charge in [0.2, 0.25) is 17.8 Å². The number of nitrogens with one attached hydrogen (secondary N) is 1. The lowest BCUT2D eigenvalue weighted by atomic mass is 10.1. The minimum atomic E-state index is 0.688. The summed E-state index contributed by atoms with van der Waals surface area (Å²) < 4.78 is 0. The van der Waals surface area contributed by atoms with Gasteiger partial charge in [0.05, 0.1) is 0 Å². The monoisotopic (exact) mass is 292 g/mol. The van der Waals surface area contributed by atoms with Gasteiger partial charge in [-0.25, -0.2) is 0 Å². The third-order valence-corrected chi connectivity index (χ3v) is 3.68. The van der Waals surface area contributed by atoms with Crippen molar-refractivity contribution in [2.24, 2.45) is 0 Å². The van der Waals surface area contributed by atoms with Crippen LogP contribution < -0.4 is 15.1 Å². The number of hydrogen-bond acceptors (Lipinski definition) is 6. The average molecular weight is 292 g/mol. The van der Waals surface area contributed by atoms with Crippen LogP contribution in [0.2, 0.25) is 0 Å². The number of anilines is 3. The second-order valence-electron chi connectivity index (χ2n) is 5.84. The Morgan fingerprint density at radius 2 is 1.67 bits per heavy atom. The van der Waals surface area contributed by atoms with Crippen molar-refractivity contribution in [3.05, 3.63) is 0 Å². The van der Waals surface area contributed by atoms with Gasteiger partial charge < -0.3 is 15.1 Å². The van der Waals surface area contributed by atoms with Gasteiger partial charge in [-0.05, 0) is 19.3 Å². The highest BCUT2D eigenvalue weighted by atomic mass is 15.3. The van der Waals surface area contributed by atoms with Gasteiger partial charge in [0.15, 0.2) is 0 Å². The molecule has 118 valence electrons. The van der Waals surface area contributed by atoms with Gasteiger partial charge >= 0.3 is 0 Å². The summed E-state index contributed by atoms with van der Waals surface area (Å²) in [4.78, 5) is 18.0. The summed E-state index contributed by atoms with van der Waals surface area (Å²) in [5.41, 5.74) is 0. The standard InChI is InChI=1S/C15H28N6/c1-4-10-16-13-17-14(20(2)3)19-15(18-13)21-11-8-6-5-7-9-12-21/h4-12H2,1-3H3,(H,16,17,18,19). The van der Waals surface area contributed by atoms with E-state index in [2.05, 4.69) is 32.1 Å². The smallest absolute Gasteiger partial charge is 0.231 e. The van der Waals surface area contributed by atoms with E-state index in [9.17, 15) is 0 Å². The highest BCUT2D eigenvalue weighted by Crippen LogP contribution is 2.19. The number of nitrogens with zero attached hydrogens (tertiary/aromatic N) is 5. The zero-order valence-corrected chi connectivity index (χ0v) is 13.6. The highest BCUT2D eigenvalue weighted by Gasteiger charge is 2.15. The predicted molar refractivity (Wildman–Crippen MR) is 88.2 cm³/mol. The maximum absolute atomic E-state index is 4.63. The van der Waals surface area contributed by atoms with Gasteiger partial charge in [-0.3, -0.25) is 0 Å². The summed E-state index contributed by atoms with van der Waals surface area (Å²) in [7, 11) is 3.94. The van der Waals surface area contributed by atoms with Crippen LogP contribution in [0.15, 0.2) is 0 Å². The molecular weight excluding hydrogens is 264 g/mol. The fourth-order valence-corrected chi connectivity index (χ4v) is 2.46. The molecule has 0 saturated carbocycles. The quantitative estimate of drug-likeness (QED) is 0.900. The number of aromatic nitrogens is 3. The average Bonchev–Trinajstić information content (AvgIpc) is 2.44. The number of rotatable bonds is 5. The molecule has 0 spiro atoms. The first kappa shape index (κ1) is 15.8. The summed E-state index contributed by atoms with van der Waals surface area (Å²) in [5.74, 6) is 2.22. The van der Waals surface area contributed by atoms with Crippen LogP contribution in [0.25, 0.3) is 0 Å². The Labute approximate surface area is 128 Å². The zero-order valence-electron chi connectivity index (χ0n) is 13.6. The Morgan fingerprint density at radius 1 is 1.00 bits per heavy atom. The van der Waals surface area contributed by atoms with Gasteiger partial charge in [0, 0.05) is 33.7 Å². The van der Waals surface area contributed by atoms with Gasteiger partial charge in [0.1, 0.15) is 0 Å². The van der Waals surface area contributed by atoms with E-state index >= 15 is 0 Å². The van der Waals surface area contributed by atoms with Crippen LogP contribution in [0.3, 0.4) is 0 Å². The number of hydrogen-bond donors (Lipinski definition) is 1. The van der Waals surface area contributed by atoms with E-state index in [1.807, 2.05) is 19.0 Å². The normalized spacial score (nSPS) is 16.2. The molecule has 0 unspecified atom stereocenters. The van der Waals surface area contributed by atoms with E-state index in [0.717, 1.165) is 38.0 Å². The second-order valence-corrected chi connectivity index (χ2v) is 5.84. The third kappa shape index (κ3) is 4.72. The van der Waals surface area contributed by atoms with Crippen molar-refractivity contribution in [3.63, 3.8) is 0 Å². The molecular formula is C15H28N6. The Hall–Kier alpha value is -1.59. The topological polar surface area (TPSA) is 57.2 Å². The molecule has 0 radical (unpaired) electrons. The molecule has 1 aliphatic rings. The van der Waals surface area contributed by atoms with Gasteiger partial charge in [0.25, 0.3) is 0 Å². The first-order valence-electron chi connectivity index (χ1n) is 8.13. The molecule has 0 aromatic carbocycles. The van der Waals surface area contributed by atoms with E-state index in [4.69, 9.17) is 0 Å². The molecule has 1 aliphatic heterocycles. The van der Waals surface area contributed by atoms with E-state index in [1.54, 1.807) is 0 Å². The van der Waals surface area contributed by atoms with Crippen molar-refractivity contribution in [2.75, 3.05) is 48.8 Å². The van der Waals surface area contributed by atoms with Gasteiger partial charge in [-0.15, -0.1) is 0 Å². The van der Waals surface area contributed by atoms with Gasteiger partial charge in [-0.1, -0.05) is 26.2 Å². The molecule has 0 aliphatic carbocycles. The molecule has 1 fully saturated rings. The lowest BCUT2D eigenvalue weighted by Gasteiger charge is -2.25. The molecule has 21 heavy (non-hydrogen) atoms. The van der Waals surface area contributed by atoms with Crippen LogP contribution in [-0.4, -0.2) is 48.7 Å². The molecule has 2 heterocycles. The highest BCUT2D eigenvalue weighted by molar-refractivity contribution is 5.44. The van der Waals surface area contributed by atoms with Crippen LogP contribution in [0, 0.1) is 0 Å². The van der Waals surface area contributed by atoms with Crippen molar-refractivity contribution in [3.8, 4) is 0 Å². The van der Waals surface area contributed by atoms with Crippen LogP contribution in [0.5, 0.6) is 0 Å². The molecule has 0 amide bonds. The maximum atomic E-state index is 4.63. The third-order valence-electron chi connectivity index (χ3n) is 3.68. The zero-order chi connectivity index (χ0) is 15.1. The molecule has 6 heteroatoms. The minimum absolute atomic E-state index is 0.688. The Kier molecular flexibility index (Phi) is 6.02. The molecule has 6 nitrogen and oxygen atoms in total. The summed E-state index contributed by atoms with van der Waals surface area (Å²) in [6, 6.07) is 0. The van der Waals surface area contributed by atoms with Crippen LogP contribution in [-0.2, 0) is 0 Å². The van der Waals surface area contributed by atoms with Crippen molar-refractivity contribution in [1.29, 1.82) is 0 Å². The van der Waals surface area contributed by atoms with Crippen molar-refractivity contribution >= 4 is 17.8 Å². The van der Waals surface area contributed by atoms with E-state index in [0.29, 0.717) is 5.95 Å². The van der Waals surface area contributed by atoms with Crippen molar-refractivity contribution in [2.45, 2.75) is 45.4 Å². The molecule has 1 saturated heterocycles. The van der Waals surface area contributed by atoms with Crippen LogP contribution in [0.1, 0.15) is 45.4 Å². The van der Waals surface area contributed by atoms with Gasteiger partial charge in [-0.2, -0.15) is 15.0 Å². The Morgan fingerprint density at radius 3 is 2.29 bits per heavy atom.